The van der Waals surface area contributed by atoms with Gasteiger partial charge in [-0.25, -0.2) is 8.42 Å². The maximum Gasteiger partial charge on any atom is 0.305 e. The number of aliphatic carboxylic acids is 1. The van der Waals surface area contributed by atoms with E-state index in [1.807, 2.05) is 0 Å². The van der Waals surface area contributed by atoms with Gasteiger partial charge in [0.1, 0.15) is 23.7 Å². The van der Waals surface area contributed by atoms with Crippen molar-refractivity contribution in [3.05, 3.63) is 59.7 Å². The minimum atomic E-state index is -4.30. The second-order valence-corrected chi connectivity index (χ2v) is 10.2. The molecule has 3 amide bonds. The van der Waals surface area contributed by atoms with Crippen LogP contribution < -0.4 is 20.5 Å². The summed E-state index contributed by atoms with van der Waals surface area (Å²) in [6.45, 7) is 0.0683. The Kier molecular flexibility index (Phi) is 8.80. The summed E-state index contributed by atoms with van der Waals surface area (Å²) >= 11 is 0. The Bertz CT molecular complexity index is 1340. The molecule has 13 nitrogen and oxygen atoms in total. The van der Waals surface area contributed by atoms with Gasteiger partial charge in [-0.3, -0.25) is 29.9 Å². The number of hydrogen-bond acceptors (Lipinski definition) is 8. The van der Waals surface area contributed by atoms with Gasteiger partial charge in [0.15, 0.2) is 0 Å². The normalized spacial score (nSPS) is 15.9. The molecule has 0 unspecified atom stereocenters. The van der Waals surface area contributed by atoms with E-state index in [9.17, 15) is 32.7 Å². The zero-order valence-electron chi connectivity index (χ0n) is 20.3. The molecule has 1 saturated heterocycles. The van der Waals surface area contributed by atoms with E-state index in [-0.39, 0.29) is 29.3 Å². The first-order valence-corrected chi connectivity index (χ1v) is 12.9. The van der Waals surface area contributed by atoms with Crippen molar-refractivity contribution >= 4 is 39.5 Å². The number of imide groups is 1. The lowest BCUT2D eigenvalue weighted by molar-refractivity contribution is -0.144. The highest BCUT2D eigenvalue weighted by atomic mass is 32.2. The Morgan fingerprint density at radius 3 is 2.26 bits per heavy atom. The Labute approximate surface area is 218 Å². The molecule has 1 aliphatic rings. The molecule has 0 bridgehead atoms. The van der Waals surface area contributed by atoms with Gasteiger partial charge in [0.25, 0.3) is 5.91 Å². The predicted octanol–water partition coefficient (Wildman–Crippen LogP) is 0.0485. The molecule has 1 fully saturated rings. The molecule has 2 aromatic carbocycles. The lowest BCUT2D eigenvalue weighted by Gasteiger charge is -2.28. The number of nitrogens with one attached hydrogen (secondary N) is 3. The van der Waals surface area contributed by atoms with Crippen molar-refractivity contribution in [2.24, 2.45) is 5.73 Å². The van der Waals surface area contributed by atoms with E-state index < -0.39 is 52.2 Å². The number of carbonyl (C=O) groups excluding carboxylic acids is 3. The van der Waals surface area contributed by atoms with Crippen LogP contribution in [0.25, 0.3) is 0 Å². The predicted molar refractivity (Wildman–Crippen MR) is 134 cm³/mol. The molecule has 202 valence electrons. The molecule has 0 spiro atoms. The Morgan fingerprint density at radius 2 is 1.71 bits per heavy atom. The van der Waals surface area contributed by atoms with Gasteiger partial charge in [0.2, 0.25) is 21.8 Å². The van der Waals surface area contributed by atoms with Crippen LogP contribution in [0.15, 0.2) is 53.4 Å². The van der Waals surface area contributed by atoms with Crippen molar-refractivity contribution in [1.82, 2.24) is 14.9 Å². The van der Waals surface area contributed by atoms with Crippen LogP contribution in [0.5, 0.6) is 5.75 Å². The number of benzene rings is 2. The van der Waals surface area contributed by atoms with Gasteiger partial charge in [-0.05, 0) is 49.2 Å². The average molecular weight is 546 g/mol. The van der Waals surface area contributed by atoms with E-state index in [0.29, 0.717) is 17.7 Å². The van der Waals surface area contributed by atoms with E-state index >= 15 is 0 Å². The number of nitrogens with two attached hydrogens (primary N) is 1. The molecule has 1 aliphatic heterocycles. The monoisotopic (exact) mass is 545 g/mol. The molecule has 0 radical (unpaired) electrons. The second-order valence-electron chi connectivity index (χ2n) is 8.45. The topological polar surface area (TPSA) is 209 Å². The van der Waals surface area contributed by atoms with Crippen molar-refractivity contribution < 1.29 is 37.4 Å². The van der Waals surface area contributed by atoms with E-state index in [2.05, 4.69) is 10.0 Å². The molecule has 38 heavy (non-hydrogen) atoms. The molecule has 3 rings (SSSR count). The molecule has 0 aromatic heterocycles. The smallest absolute Gasteiger partial charge is 0.305 e. The number of carbonyl (C=O) groups is 4. The second kappa shape index (κ2) is 11.8. The number of likely N-dealkylation sites (tertiary alicyclic amines) is 1. The fraction of sp³-hybridized carbons (Fsp3) is 0.292. The number of ether oxygens (including phenoxy) is 1. The Balaban J connectivity index is 1.75. The summed E-state index contributed by atoms with van der Waals surface area (Å²) in [5, 5.41) is 18.9. The zero-order valence-corrected chi connectivity index (χ0v) is 21.2. The lowest BCUT2D eigenvalue weighted by Crippen LogP contribution is -2.54. The van der Waals surface area contributed by atoms with Crippen LogP contribution in [0.4, 0.5) is 0 Å². The number of amides is 3. The highest BCUT2D eigenvalue weighted by Crippen LogP contribution is 2.21. The van der Waals surface area contributed by atoms with Gasteiger partial charge in [-0.1, -0.05) is 12.1 Å². The highest BCUT2D eigenvalue weighted by molar-refractivity contribution is 7.89. The SMILES string of the molecule is COc1ccc(S(=O)(=O)N[C@@H](CC(=O)O)C(=O)N2CCC[C@H]2C(=O)NC(=O)c2ccc(C(=N)N)cc2)cc1. The molecule has 0 saturated carbocycles. The number of sulfonamides is 1. The van der Waals surface area contributed by atoms with Gasteiger partial charge < -0.3 is 20.5 Å². The molecule has 2 atom stereocenters. The number of carboxylic acids is 1. The van der Waals surface area contributed by atoms with Crippen LogP contribution >= 0.6 is 0 Å². The number of rotatable bonds is 10. The minimum Gasteiger partial charge on any atom is -0.497 e. The molecule has 0 aliphatic carbocycles. The summed E-state index contributed by atoms with van der Waals surface area (Å²) in [5.41, 5.74) is 5.90. The maximum atomic E-state index is 13.3. The minimum absolute atomic E-state index is 0.0683. The van der Waals surface area contributed by atoms with Gasteiger partial charge in [0.05, 0.1) is 18.4 Å². The third kappa shape index (κ3) is 6.72. The standard InChI is InChI=1S/C24H27N5O8S/c1-37-16-8-10-17(11-9-16)38(35,36)28-18(13-20(30)31)24(34)29-12-2-3-19(29)23(33)27-22(32)15-6-4-14(5-7-15)21(25)26/h4-11,18-19,28H,2-3,12-13H2,1H3,(H3,25,26)(H,30,31)(H,27,32,33)/t18-,19-/m0/s1. The van der Waals surface area contributed by atoms with E-state index in [0.717, 1.165) is 4.90 Å². The first kappa shape index (κ1) is 28.3. The fourth-order valence-electron chi connectivity index (χ4n) is 3.94. The summed E-state index contributed by atoms with van der Waals surface area (Å²) in [7, 11) is -2.90. The van der Waals surface area contributed by atoms with Crippen LogP contribution in [0.3, 0.4) is 0 Å². The van der Waals surface area contributed by atoms with Gasteiger partial charge in [0, 0.05) is 17.7 Å². The first-order valence-electron chi connectivity index (χ1n) is 11.4. The Morgan fingerprint density at radius 1 is 1.11 bits per heavy atom. The summed E-state index contributed by atoms with van der Waals surface area (Å²) in [5.74, 6) is -3.65. The molecule has 2 aromatic rings. The Hall–Kier alpha value is -4.30. The van der Waals surface area contributed by atoms with Crippen LogP contribution in [0.2, 0.25) is 0 Å². The summed E-state index contributed by atoms with van der Waals surface area (Å²) in [4.78, 5) is 51.0. The summed E-state index contributed by atoms with van der Waals surface area (Å²) in [6, 6.07) is 8.13. The number of amidine groups is 1. The molecule has 6 N–H and O–H groups in total. The van der Waals surface area contributed by atoms with Gasteiger partial charge in [-0.15, -0.1) is 0 Å². The zero-order chi connectivity index (χ0) is 28.0. The van der Waals surface area contributed by atoms with Crippen molar-refractivity contribution in [3.8, 4) is 5.75 Å². The van der Waals surface area contributed by atoms with E-state index in [1.54, 1.807) is 0 Å². The van der Waals surface area contributed by atoms with Crippen molar-refractivity contribution in [2.45, 2.75) is 36.2 Å². The number of nitrogens with zero attached hydrogens (tertiary/aromatic N) is 1. The molecular formula is C24H27N5O8S. The lowest BCUT2D eigenvalue weighted by atomic mass is 10.1. The van der Waals surface area contributed by atoms with Crippen LogP contribution in [0, 0.1) is 5.41 Å². The van der Waals surface area contributed by atoms with Crippen molar-refractivity contribution in [2.75, 3.05) is 13.7 Å². The molecule has 14 heteroatoms. The summed E-state index contributed by atoms with van der Waals surface area (Å²) in [6.07, 6.45) is -0.282. The highest BCUT2D eigenvalue weighted by Gasteiger charge is 2.39. The quantitative estimate of drug-likeness (QED) is 0.155. The number of methoxy groups -OCH3 is 1. The van der Waals surface area contributed by atoms with Gasteiger partial charge in [-0.2, -0.15) is 4.72 Å². The number of nitrogen functional groups attached to an aromatic ring is 1. The van der Waals surface area contributed by atoms with Crippen LogP contribution in [0.1, 0.15) is 35.2 Å². The number of carboxylic acid groups (broad SMARTS) is 1. The fourth-order valence-corrected chi connectivity index (χ4v) is 5.13. The first-order chi connectivity index (χ1) is 17.9. The van der Waals surface area contributed by atoms with Crippen molar-refractivity contribution in [1.29, 1.82) is 5.41 Å². The number of hydrogen-bond donors (Lipinski definition) is 5. The third-order valence-electron chi connectivity index (χ3n) is 5.88. The summed E-state index contributed by atoms with van der Waals surface area (Å²) < 4.78 is 32.9. The van der Waals surface area contributed by atoms with E-state index in [4.69, 9.17) is 15.9 Å². The van der Waals surface area contributed by atoms with Gasteiger partial charge >= 0.3 is 5.97 Å². The van der Waals surface area contributed by atoms with Crippen LogP contribution in [-0.2, 0) is 24.4 Å². The molecule has 1 heterocycles. The molecular weight excluding hydrogens is 518 g/mol. The largest absolute Gasteiger partial charge is 0.497 e. The van der Waals surface area contributed by atoms with Crippen LogP contribution in [-0.4, -0.2) is 73.7 Å². The average Bonchev–Trinajstić information content (AvgIpc) is 3.37. The maximum absolute atomic E-state index is 13.3. The third-order valence-corrected chi connectivity index (χ3v) is 7.36. The van der Waals surface area contributed by atoms with E-state index in [1.165, 1.54) is 55.6 Å². The van der Waals surface area contributed by atoms with Crippen molar-refractivity contribution in [3.63, 3.8) is 0 Å².